The number of ketones is 2. The van der Waals surface area contributed by atoms with Crippen LogP contribution in [0, 0.1) is 0 Å². The minimum absolute atomic E-state index is 0.0103. The van der Waals surface area contributed by atoms with Gasteiger partial charge in [-0.15, -0.1) is 0 Å². The summed E-state index contributed by atoms with van der Waals surface area (Å²) < 4.78 is 22.4. The Hall–Kier alpha value is -2.38. The summed E-state index contributed by atoms with van der Waals surface area (Å²) in [5, 5.41) is 0. The second kappa shape index (κ2) is 6.98. The maximum Gasteiger partial charge on any atom is 0.499 e. The molecule has 1 saturated heterocycles. The number of methoxy groups -OCH3 is 1. The van der Waals surface area contributed by atoms with E-state index in [9.17, 15) is 9.59 Å². The minimum Gasteiger partial charge on any atom is -0.497 e. The first-order chi connectivity index (χ1) is 12.6. The molecule has 0 aromatic heterocycles. The first-order valence-corrected chi connectivity index (χ1v) is 8.76. The molecule has 0 atom stereocenters. The van der Waals surface area contributed by atoms with Crippen molar-refractivity contribution in [3.63, 3.8) is 0 Å². The SMILES string of the molecule is COc1ccc(COC2=CC(=O)C(B3OC(C)(C)C(C)(C)O3)=CC2=O)cc1. The Morgan fingerprint density at radius 1 is 0.926 bits per heavy atom. The van der Waals surface area contributed by atoms with Crippen LogP contribution in [0.1, 0.15) is 33.3 Å². The maximum atomic E-state index is 12.5. The molecule has 1 aliphatic carbocycles. The molecule has 3 rings (SSSR count). The fourth-order valence-electron chi connectivity index (χ4n) is 2.71. The quantitative estimate of drug-likeness (QED) is 0.586. The normalized spacial score (nSPS) is 21.0. The summed E-state index contributed by atoms with van der Waals surface area (Å²) in [4.78, 5) is 24.9. The van der Waals surface area contributed by atoms with Crippen molar-refractivity contribution in [2.75, 3.05) is 7.11 Å². The Balaban J connectivity index is 1.67. The number of hydrogen-bond donors (Lipinski definition) is 0. The van der Waals surface area contributed by atoms with E-state index in [0.717, 1.165) is 11.3 Å². The number of carbonyl (C=O) groups is 2. The summed E-state index contributed by atoms with van der Waals surface area (Å²) in [5.41, 5.74) is -0.124. The molecule has 7 heteroatoms. The number of hydrogen-bond acceptors (Lipinski definition) is 6. The number of ether oxygens (including phenoxy) is 2. The van der Waals surface area contributed by atoms with E-state index < -0.39 is 18.3 Å². The largest absolute Gasteiger partial charge is 0.499 e. The molecule has 1 aromatic rings. The highest BCUT2D eigenvalue weighted by molar-refractivity contribution is 6.64. The molecule has 0 unspecified atom stereocenters. The van der Waals surface area contributed by atoms with Crippen LogP contribution in [0.2, 0.25) is 0 Å². The third kappa shape index (κ3) is 3.84. The second-order valence-electron chi connectivity index (χ2n) is 7.56. The van der Waals surface area contributed by atoms with Crippen molar-refractivity contribution in [3.05, 3.63) is 53.2 Å². The van der Waals surface area contributed by atoms with Gasteiger partial charge in [0.1, 0.15) is 12.4 Å². The van der Waals surface area contributed by atoms with Gasteiger partial charge in [-0.05, 0) is 51.5 Å². The van der Waals surface area contributed by atoms with Crippen LogP contribution in [0.15, 0.2) is 47.6 Å². The highest BCUT2D eigenvalue weighted by Crippen LogP contribution is 2.39. The molecule has 0 saturated carbocycles. The molecule has 0 N–H and O–H groups in total. The maximum absolute atomic E-state index is 12.5. The zero-order chi connectivity index (χ0) is 19.8. The molecule has 0 radical (unpaired) electrons. The van der Waals surface area contributed by atoms with Crippen LogP contribution in [-0.4, -0.2) is 37.0 Å². The molecular formula is C20H23BO6. The number of benzene rings is 1. The van der Waals surface area contributed by atoms with Gasteiger partial charge < -0.3 is 18.8 Å². The van der Waals surface area contributed by atoms with Crippen LogP contribution in [0.4, 0.5) is 0 Å². The zero-order valence-corrected chi connectivity index (χ0v) is 16.2. The Morgan fingerprint density at radius 2 is 1.52 bits per heavy atom. The lowest BCUT2D eigenvalue weighted by Crippen LogP contribution is -2.41. The molecule has 0 amide bonds. The van der Waals surface area contributed by atoms with Crippen molar-refractivity contribution >= 4 is 18.7 Å². The molecular weight excluding hydrogens is 347 g/mol. The van der Waals surface area contributed by atoms with Gasteiger partial charge in [0.05, 0.1) is 18.3 Å². The standard InChI is InChI=1S/C20H23BO6/c1-19(2)20(3,4)27-21(26-19)15-10-17(23)18(11-16(15)22)25-12-13-6-8-14(24-5)9-7-13/h6-11H,12H2,1-5H3. The molecule has 0 spiro atoms. The van der Waals surface area contributed by atoms with Gasteiger partial charge in [-0.1, -0.05) is 12.1 Å². The summed E-state index contributed by atoms with van der Waals surface area (Å²) in [7, 11) is 0.720. The molecule has 6 nitrogen and oxygen atoms in total. The number of rotatable bonds is 5. The topological polar surface area (TPSA) is 71.1 Å². The number of allylic oxidation sites excluding steroid dienone is 3. The van der Waals surface area contributed by atoms with Gasteiger partial charge >= 0.3 is 7.12 Å². The van der Waals surface area contributed by atoms with E-state index in [1.807, 2.05) is 39.8 Å². The van der Waals surface area contributed by atoms with Crippen molar-refractivity contribution in [2.45, 2.75) is 45.5 Å². The van der Waals surface area contributed by atoms with E-state index in [1.165, 1.54) is 12.2 Å². The Morgan fingerprint density at radius 3 is 2.07 bits per heavy atom. The highest BCUT2D eigenvalue weighted by Gasteiger charge is 2.53. The summed E-state index contributed by atoms with van der Waals surface area (Å²) in [5.74, 6) is 0.0126. The van der Waals surface area contributed by atoms with E-state index in [0.29, 0.717) is 0 Å². The van der Waals surface area contributed by atoms with Crippen LogP contribution in [0.25, 0.3) is 0 Å². The molecule has 0 bridgehead atoms. The Kier molecular flexibility index (Phi) is 5.01. The lowest BCUT2D eigenvalue weighted by atomic mass is 9.73. The molecule has 1 aromatic carbocycles. The third-order valence-electron chi connectivity index (χ3n) is 5.14. The van der Waals surface area contributed by atoms with Crippen molar-refractivity contribution < 1.29 is 28.4 Å². The smallest absolute Gasteiger partial charge is 0.497 e. The molecule has 1 heterocycles. The molecule has 27 heavy (non-hydrogen) atoms. The molecule has 1 aliphatic heterocycles. The van der Waals surface area contributed by atoms with Gasteiger partial charge in [-0.3, -0.25) is 9.59 Å². The van der Waals surface area contributed by atoms with Crippen molar-refractivity contribution in [2.24, 2.45) is 0 Å². The van der Waals surface area contributed by atoms with E-state index in [1.54, 1.807) is 19.2 Å². The average Bonchev–Trinajstić information content (AvgIpc) is 2.83. The van der Waals surface area contributed by atoms with E-state index >= 15 is 0 Å². The van der Waals surface area contributed by atoms with Crippen LogP contribution in [0.5, 0.6) is 5.75 Å². The van der Waals surface area contributed by atoms with Crippen LogP contribution in [-0.2, 0) is 30.2 Å². The summed E-state index contributed by atoms with van der Waals surface area (Å²) in [6.45, 7) is 7.74. The van der Waals surface area contributed by atoms with Crippen LogP contribution < -0.4 is 4.74 Å². The molecule has 1 fully saturated rings. The lowest BCUT2D eigenvalue weighted by molar-refractivity contribution is -0.117. The summed E-state index contributed by atoms with van der Waals surface area (Å²) in [6, 6.07) is 7.27. The monoisotopic (exact) mass is 370 g/mol. The molecule has 142 valence electrons. The van der Waals surface area contributed by atoms with Crippen LogP contribution >= 0.6 is 0 Å². The average molecular weight is 370 g/mol. The predicted molar refractivity (Wildman–Crippen MR) is 100 cm³/mol. The van der Waals surface area contributed by atoms with Crippen molar-refractivity contribution in [3.8, 4) is 5.75 Å². The van der Waals surface area contributed by atoms with Crippen LogP contribution in [0.3, 0.4) is 0 Å². The fourth-order valence-corrected chi connectivity index (χ4v) is 2.71. The summed E-state index contributed by atoms with van der Waals surface area (Å²) in [6.07, 6.45) is 2.44. The first kappa shape index (κ1) is 19.4. The second-order valence-corrected chi connectivity index (χ2v) is 7.56. The first-order valence-electron chi connectivity index (χ1n) is 8.76. The van der Waals surface area contributed by atoms with Gasteiger partial charge in [-0.2, -0.15) is 0 Å². The minimum atomic E-state index is -0.870. The molecule has 2 aliphatic rings. The van der Waals surface area contributed by atoms with Gasteiger partial charge in [0.15, 0.2) is 11.5 Å². The zero-order valence-electron chi connectivity index (χ0n) is 16.2. The van der Waals surface area contributed by atoms with E-state index in [4.69, 9.17) is 18.8 Å². The van der Waals surface area contributed by atoms with E-state index in [2.05, 4.69) is 0 Å². The van der Waals surface area contributed by atoms with Gasteiger partial charge in [-0.25, -0.2) is 0 Å². The predicted octanol–water partition coefficient (Wildman–Crippen LogP) is 2.81. The third-order valence-corrected chi connectivity index (χ3v) is 5.14. The fraction of sp³-hybridized carbons (Fsp3) is 0.400. The van der Waals surface area contributed by atoms with Gasteiger partial charge in [0.2, 0.25) is 5.78 Å². The highest BCUT2D eigenvalue weighted by atomic mass is 16.7. The van der Waals surface area contributed by atoms with Gasteiger partial charge in [0, 0.05) is 11.5 Å². The lowest BCUT2D eigenvalue weighted by Gasteiger charge is -2.32. The number of carbonyl (C=O) groups excluding carboxylic acids is 2. The summed E-state index contributed by atoms with van der Waals surface area (Å²) >= 11 is 0. The van der Waals surface area contributed by atoms with Crippen molar-refractivity contribution in [1.29, 1.82) is 0 Å². The Labute approximate surface area is 159 Å². The van der Waals surface area contributed by atoms with Crippen molar-refractivity contribution in [1.82, 2.24) is 0 Å². The van der Waals surface area contributed by atoms with E-state index in [-0.39, 0.29) is 29.4 Å². The Bertz CT molecular complexity index is 803. The van der Waals surface area contributed by atoms with Gasteiger partial charge in [0.25, 0.3) is 0 Å².